The quantitative estimate of drug-likeness (QED) is 0.804. The summed E-state index contributed by atoms with van der Waals surface area (Å²) in [6.45, 7) is 1.72. The molecule has 4 nitrogen and oxygen atoms in total. The van der Waals surface area contributed by atoms with Crippen molar-refractivity contribution in [3.05, 3.63) is 35.1 Å². The van der Waals surface area contributed by atoms with E-state index in [-0.39, 0.29) is 24.4 Å². The van der Waals surface area contributed by atoms with E-state index in [1.165, 1.54) is 0 Å². The summed E-state index contributed by atoms with van der Waals surface area (Å²) in [4.78, 5) is 26.4. The van der Waals surface area contributed by atoms with Gasteiger partial charge in [-0.05, 0) is 32.2 Å². The minimum absolute atomic E-state index is 0. The van der Waals surface area contributed by atoms with Crippen molar-refractivity contribution in [3.8, 4) is 0 Å². The molecular weight excluding hydrogens is 369 g/mol. The van der Waals surface area contributed by atoms with Gasteiger partial charge in [-0.25, -0.2) is 13.2 Å². The monoisotopic (exact) mass is 390 g/mol. The first kappa shape index (κ1) is 20.7. The van der Waals surface area contributed by atoms with Crippen molar-refractivity contribution in [2.45, 2.75) is 38.1 Å². The van der Waals surface area contributed by atoms with Gasteiger partial charge in [-0.2, -0.15) is 0 Å². The van der Waals surface area contributed by atoms with E-state index in [2.05, 4.69) is 5.32 Å². The molecule has 1 unspecified atom stereocenters. The zero-order valence-electron chi connectivity index (χ0n) is 14.3. The fraction of sp³-hybridized carbons (Fsp3) is 0.556. The highest BCUT2D eigenvalue weighted by Crippen LogP contribution is 2.26. The molecule has 1 amide bonds. The van der Waals surface area contributed by atoms with E-state index in [1.54, 1.807) is 4.90 Å². The maximum atomic E-state index is 13.8. The average molecular weight is 391 g/mol. The Kier molecular flexibility index (Phi) is 7.06. The molecule has 0 aliphatic carbocycles. The van der Waals surface area contributed by atoms with Crippen molar-refractivity contribution in [1.82, 2.24) is 10.2 Å². The first-order valence-electron chi connectivity index (χ1n) is 8.65. The molecule has 8 heteroatoms. The van der Waals surface area contributed by atoms with Crippen molar-refractivity contribution in [1.29, 1.82) is 0 Å². The number of benzene rings is 1. The summed E-state index contributed by atoms with van der Waals surface area (Å²) >= 11 is 0. The van der Waals surface area contributed by atoms with E-state index in [0.717, 1.165) is 19.4 Å². The maximum absolute atomic E-state index is 13.8. The number of hydrogen-bond acceptors (Lipinski definition) is 3. The van der Waals surface area contributed by atoms with Crippen molar-refractivity contribution < 1.29 is 22.8 Å². The van der Waals surface area contributed by atoms with Crippen LogP contribution in [0.1, 0.15) is 42.5 Å². The fourth-order valence-corrected chi connectivity index (χ4v) is 3.64. The highest BCUT2D eigenvalue weighted by molar-refractivity contribution is 5.98. The van der Waals surface area contributed by atoms with E-state index < -0.39 is 34.7 Å². The van der Waals surface area contributed by atoms with Crippen LogP contribution < -0.4 is 5.32 Å². The third-order valence-electron chi connectivity index (χ3n) is 5.06. The fourth-order valence-electron chi connectivity index (χ4n) is 3.64. The van der Waals surface area contributed by atoms with E-state index in [4.69, 9.17) is 0 Å². The molecule has 3 rings (SSSR count). The molecule has 144 valence electrons. The predicted octanol–water partition coefficient (Wildman–Crippen LogP) is 3.09. The summed E-state index contributed by atoms with van der Waals surface area (Å²) in [7, 11) is 0. The lowest BCUT2D eigenvalue weighted by molar-refractivity contribution is -0.132. The first-order valence-corrected chi connectivity index (χ1v) is 8.65. The molecule has 1 aromatic carbocycles. The van der Waals surface area contributed by atoms with Crippen LogP contribution in [0.5, 0.6) is 0 Å². The maximum Gasteiger partial charge on any atom is 0.224 e. The summed E-state index contributed by atoms with van der Waals surface area (Å²) in [5.74, 6) is -4.55. The van der Waals surface area contributed by atoms with Gasteiger partial charge in [0.05, 0.1) is 5.56 Å². The van der Waals surface area contributed by atoms with Crippen LogP contribution in [0.3, 0.4) is 0 Å². The Bertz CT molecular complexity index is 649. The SMILES string of the molecule is Cl.O=C(c1c(F)cc(F)cc1F)C1CCN(C(=O)CC2CCCN2)CC1. The second kappa shape index (κ2) is 8.86. The smallest absolute Gasteiger partial charge is 0.224 e. The van der Waals surface area contributed by atoms with Gasteiger partial charge < -0.3 is 10.2 Å². The Morgan fingerprint density at radius 2 is 1.69 bits per heavy atom. The average Bonchev–Trinajstić information content (AvgIpc) is 3.07. The van der Waals surface area contributed by atoms with E-state index >= 15 is 0 Å². The van der Waals surface area contributed by atoms with Crippen LogP contribution in [-0.2, 0) is 4.79 Å². The second-order valence-electron chi connectivity index (χ2n) is 6.76. The Morgan fingerprint density at radius 3 is 2.23 bits per heavy atom. The van der Waals surface area contributed by atoms with Crippen molar-refractivity contribution in [3.63, 3.8) is 0 Å². The van der Waals surface area contributed by atoms with Gasteiger partial charge >= 0.3 is 0 Å². The van der Waals surface area contributed by atoms with E-state index in [9.17, 15) is 22.8 Å². The minimum Gasteiger partial charge on any atom is -0.343 e. The molecule has 0 spiro atoms. The lowest BCUT2D eigenvalue weighted by atomic mass is 9.88. The Labute approximate surface area is 156 Å². The normalized spacial score (nSPS) is 20.7. The predicted molar refractivity (Wildman–Crippen MR) is 92.8 cm³/mol. The highest BCUT2D eigenvalue weighted by Gasteiger charge is 2.32. The number of nitrogens with zero attached hydrogens (tertiary/aromatic N) is 1. The zero-order chi connectivity index (χ0) is 18.0. The van der Waals surface area contributed by atoms with Gasteiger partial charge in [0.2, 0.25) is 5.91 Å². The summed E-state index contributed by atoms with van der Waals surface area (Å²) in [5.41, 5.74) is -0.679. The summed E-state index contributed by atoms with van der Waals surface area (Å²) in [5, 5.41) is 3.28. The molecule has 2 aliphatic rings. The Morgan fingerprint density at radius 1 is 1.08 bits per heavy atom. The lowest BCUT2D eigenvalue weighted by Crippen LogP contribution is -2.42. The third-order valence-corrected chi connectivity index (χ3v) is 5.06. The largest absolute Gasteiger partial charge is 0.343 e. The van der Waals surface area contributed by atoms with E-state index in [1.807, 2.05) is 0 Å². The minimum atomic E-state index is -1.17. The molecular formula is C18H22ClF3N2O2. The zero-order valence-corrected chi connectivity index (χ0v) is 15.1. The number of halogens is 4. The second-order valence-corrected chi connectivity index (χ2v) is 6.76. The number of carbonyl (C=O) groups excluding carboxylic acids is 2. The molecule has 1 N–H and O–H groups in total. The van der Waals surface area contributed by atoms with Gasteiger partial charge in [-0.15, -0.1) is 12.4 Å². The van der Waals surface area contributed by atoms with Crippen LogP contribution >= 0.6 is 12.4 Å². The van der Waals surface area contributed by atoms with Crippen LogP contribution in [0.15, 0.2) is 12.1 Å². The molecule has 2 aliphatic heterocycles. The molecule has 0 radical (unpaired) electrons. The molecule has 0 bridgehead atoms. The third kappa shape index (κ3) is 4.57. The molecule has 26 heavy (non-hydrogen) atoms. The number of carbonyl (C=O) groups is 2. The van der Waals surface area contributed by atoms with Crippen LogP contribution in [0.25, 0.3) is 0 Å². The highest BCUT2D eigenvalue weighted by atomic mass is 35.5. The molecule has 1 atom stereocenters. The summed E-state index contributed by atoms with van der Waals surface area (Å²) in [6, 6.07) is 1.25. The standard InChI is InChI=1S/C18H21F3N2O2.ClH/c19-12-8-14(20)17(15(21)9-12)18(25)11-3-6-23(7-4-11)16(24)10-13-2-1-5-22-13;/h8-9,11,13,22H,1-7,10H2;1H. The van der Waals surface area contributed by atoms with Gasteiger partial charge in [0, 0.05) is 43.6 Å². The van der Waals surface area contributed by atoms with Crippen molar-refractivity contribution >= 4 is 24.1 Å². The van der Waals surface area contributed by atoms with Gasteiger partial charge in [0.25, 0.3) is 0 Å². The Balaban J connectivity index is 0.00000243. The van der Waals surface area contributed by atoms with E-state index in [0.29, 0.717) is 44.5 Å². The number of rotatable bonds is 4. The lowest BCUT2D eigenvalue weighted by Gasteiger charge is -2.32. The number of hydrogen-bond donors (Lipinski definition) is 1. The number of nitrogens with one attached hydrogen (secondary N) is 1. The van der Waals surface area contributed by atoms with Crippen molar-refractivity contribution in [2.75, 3.05) is 19.6 Å². The van der Waals surface area contributed by atoms with Gasteiger partial charge in [-0.1, -0.05) is 0 Å². The van der Waals surface area contributed by atoms with Crippen LogP contribution in [-0.4, -0.2) is 42.3 Å². The van der Waals surface area contributed by atoms with Crippen LogP contribution in [0, 0.1) is 23.4 Å². The number of amides is 1. The molecule has 0 aromatic heterocycles. The molecule has 1 aromatic rings. The van der Waals surface area contributed by atoms with Crippen LogP contribution in [0.2, 0.25) is 0 Å². The first-order chi connectivity index (χ1) is 12.0. The Hall–Kier alpha value is -1.60. The summed E-state index contributed by atoms with van der Waals surface area (Å²) in [6.07, 6.45) is 3.23. The van der Waals surface area contributed by atoms with Gasteiger partial charge in [0.1, 0.15) is 17.5 Å². The molecule has 2 saturated heterocycles. The number of ketones is 1. The van der Waals surface area contributed by atoms with Gasteiger partial charge in [-0.3, -0.25) is 9.59 Å². The van der Waals surface area contributed by atoms with Gasteiger partial charge in [0.15, 0.2) is 5.78 Å². The topological polar surface area (TPSA) is 49.4 Å². The summed E-state index contributed by atoms with van der Waals surface area (Å²) < 4.78 is 40.5. The molecule has 0 saturated carbocycles. The molecule has 2 fully saturated rings. The van der Waals surface area contributed by atoms with Crippen LogP contribution in [0.4, 0.5) is 13.2 Å². The number of likely N-dealkylation sites (tertiary alicyclic amines) is 1. The van der Waals surface area contributed by atoms with Crippen molar-refractivity contribution in [2.24, 2.45) is 5.92 Å². The number of piperidine rings is 1. The molecule has 2 heterocycles. The number of Topliss-reactive ketones (excluding diaryl/α,β-unsaturated/α-hetero) is 1.